The number of hydrogen-bond acceptors (Lipinski definition) is 7. The Labute approximate surface area is 144 Å². The van der Waals surface area contributed by atoms with Crippen LogP contribution in [-0.2, 0) is 14.8 Å². The van der Waals surface area contributed by atoms with Crippen molar-refractivity contribution >= 4 is 32.4 Å². The second-order valence-corrected chi connectivity index (χ2v) is 8.06. The van der Waals surface area contributed by atoms with E-state index in [-0.39, 0.29) is 12.5 Å². The van der Waals surface area contributed by atoms with Crippen molar-refractivity contribution in [2.75, 3.05) is 38.0 Å². The van der Waals surface area contributed by atoms with Crippen molar-refractivity contribution in [1.29, 1.82) is 0 Å². The van der Waals surface area contributed by atoms with Gasteiger partial charge in [-0.3, -0.25) is 15.0 Å². The Hall–Kier alpha value is -1.88. The largest absolute Gasteiger partial charge is 0.299 e. The van der Waals surface area contributed by atoms with Crippen LogP contribution in [-0.4, -0.2) is 66.5 Å². The number of nitrogens with zero attached hydrogens (tertiary/aromatic N) is 4. The van der Waals surface area contributed by atoms with Crippen LogP contribution >= 0.6 is 11.3 Å². The fourth-order valence-corrected chi connectivity index (χ4v) is 4.36. The third-order valence-corrected chi connectivity index (χ3v) is 6.21. The highest BCUT2D eigenvalue weighted by atomic mass is 32.2. The molecule has 1 saturated heterocycles. The summed E-state index contributed by atoms with van der Waals surface area (Å²) >= 11 is 1.25. The molecule has 1 N–H and O–H groups in total. The molecular weight excluding hydrogens is 350 g/mol. The molecule has 1 aromatic carbocycles. The number of amides is 1. The van der Waals surface area contributed by atoms with E-state index in [1.54, 1.807) is 35.8 Å². The number of anilines is 1. The van der Waals surface area contributed by atoms with Gasteiger partial charge in [0.05, 0.1) is 11.4 Å². The van der Waals surface area contributed by atoms with Crippen LogP contribution in [0.2, 0.25) is 0 Å². The number of hydrogen-bond donors (Lipinski definition) is 1. The van der Waals surface area contributed by atoms with Gasteiger partial charge in [-0.1, -0.05) is 29.5 Å². The lowest BCUT2D eigenvalue weighted by molar-refractivity contribution is -0.117. The highest BCUT2D eigenvalue weighted by Gasteiger charge is 2.28. The smallest absolute Gasteiger partial charge is 0.243 e. The van der Waals surface area contributed by atoms with E-state index in [2.05, 4.69) is 15.5 Å². The molecule has 0 saturated carbocycles. The zero-order valence-corrected chi connectivity index (χ0v) is 14.5. The second kappa shape index (κ2) is 7.34. The summed E-state index contributed by atoms with van der Waals surface area (Å²) < 4.78 is 26.5. The van der Waals surface area contributed by atoms with Crippen LogP contribution in [0, 0.1) is 0 Å². The molecule has 1 fully saturated rings. The Bertz CT molecular complexity index is 772. The normalized spacial score (nSPS) is 16.8. The number of sulfonamides is 1. The van der Waals surface area contributed by atoms with E-state index < -0.39 is 10.0 Å². The van der Waals surface area contributed by atoms with Crippen molar-refractivity contribution in [3.8, 4) is 0 Å². The predicted molar refractivity (Wildman–Crippen MR) is 90.2 cm³/mol. The summed E-state index contributed by atoms with van der Waals surface area (Å²) in [7, 11) is -3.47. The summed E-state index contributed by atoms with van der Waals surface area (Å²) in [5.74, 6) is -0.175. The minimum atomic E-state index is -3.47. The van der Waals surface area contributed by atoms with Gasteiger partial charge in [-0.2, -0.15) is 4.31 Å². The molecule has 10 heteroatoms. The number of carbonyl (C=O) groups is 1. The topological polar surface area (TPSA) is 95.5 Å². The van der Waals surface area contributed by atoms with Crippen molar-refractivity contribution in [3.63, 3.8) is 0 Å². The molecule has 3 rings (SSSR count). The van der Waals surface area contributed by atoms with E-state index in [1.165, 1.54) is 15.6 Å². The van der Waals surface area contributed by atoms with Crippen LogP contribution in [0.15, 0.2) is 40.7 Å². The lowest BCUT2D eigenvalue weighted by atomic mass is 10.3. The van der Waals surface area contributed by atoms with Crippen molar-refractivity contribution in [1.82, 2.24) is 19.4 Å². The van der Waals surface area contributed by atoms with E-state index in [4.69, 9.17) is 0 Å². The number of rotatable bonds is 5. The van der Waals surface area contributed by atoms with E-state index in [1.807, 2.05) is 4.90 Å². The van der Waals surface area contributed by atoms with Gasteiger partial charge in [-0.15, -0.1) is 10.2 Å². The van der Waals surface area contributed by atoms with Crippen molar-refractivity contribution in [2.45, 2.75) is 4.90 Å². The Morgan fingerprint density at radius 3 is 2.50 bits per heavy atom. The van der Waals surface area contributed by atoms with Crippen LogP contribution in [0.4, 0.5) is 5.13 Å². The fraction of sp³-hybridized carbons (Fsp3) is 0.357. The molecule has 0 atom stereocenters. The molecule has 2 aromatic rings. The van der Waals surface area contributed by atoms with Crippen molar-refractivity contribution in [3.05, 3.63) is 35.8 Å². The average molecular weight is 367 g/mol. The minimum Gasteiger partial charge on any atom is -0.299 e. The van der Waals surface area contributed by atoms with Crippen LogP contribution in [0.3, 0.4) is 0 Å². The van der Waals surface area contributed by atoms with Gasteiger partial charge in [0.25, 0.3) is 0 Å². The van der Waals surface area contributed by atoms with Gasteiger partial charge in [-0.25, -0.2) is 8.42 Å². The first-order valence-corrected chi connectivity index (χ1v) is 9.71. The van der Waals surface area contributed by atoms with E-state index in [9.17, 15) is 13.2 Å². The summed E-state index contributed by atoms with van der Waals surface area (Å²) in [6, 6.07) is 8.39. The molecule has 2 heterocycles. The Kier molecular flexibility index (Phi) is 5.19. The molecule has 0 bridgehead atoms. The summed E-state index contributed by atoms with van der Waals surface area (Å²) in [5, 5.41) is 10.5. The molecule has 0 unspecified atom stereocenters. The molecule has 1 aliphatic rings. The molecule has 0 radical (unpaired) electrons. The first-order valence-electron chi connectivity index (χ1n) is 7.39. The number of carbonyl (C=O) groups excluding carboxylic acids is 1. The van der Waals surface area contributed by atoms with Crippen LogP contribution < -0.4 is 5.32 Å². The van der Waals surface area contributed by atoms with Gasteiger partial charge in [0.1, 0.15) is 5.51 Å². The summed E-state index contributed by atoms with van der Waals surface area (Å²) in [4.78, 5) is 14.2. The van der Waals surface area contributed by atoms with E-state index in [0.717, 1.165) is 0 Å². The Morgan fingerprint density at radius 1 is 1.17 bits per heavy atom. The number of aromatic nitrogens is 2. The van der Waals surface area contributed by atoms with Gasteiger partial charge >= 0.3 is 0 Å². The minimum absolute atomic E-state index is 0.175. The molecule has 1 aliphatic heterocycles. The van der Waals surface area contributed by atoms with Crippen LogP contribution in [0.1, 0.15) is 0 Å². The molecule has 0 spiro atoms. The number of benzene rings is 1. The predicted octanol–water partition coefficient (Wildman–Crippen LogP) is 0.483. The Morgan fingerprint density at radius 2 is 1.88 bits per heavy atom. The monoisotopic (exact) mass is 367 g/mol. The van der Waals surface area contributed by atoms with E-state index >= 15 is 0 Å². The molecule has 128 valence electrons. The second-order valence-electron chi connectivity index (χ2n) is 5.29. The molecule has 1 amide bonds. The SMILES string of the molecule is O=C(CN1CCN(S(=O)(=O)c2ccccc2)CC1)Nc1nncs1. The third kappa shape index (κ3) is 3.96. The van der Waals surface area contributed by atoms with Gasteiger partial charge in [0, 0.05) is 26.2 Å². The summed E-state index contributed by atoms with van der Waals surface area (Å²) in [5.41, 5.74) is 1.54. The van der Waals surface area contributed by atoms with Gasteiger partial charge < -0.3 is 0 Å². The molecule has 0 aliphatic carbocycles. The van der Waals surface area contributed by atoms with Gasteiger partial charge in [-0.05, 0) is 12.1 Å². The van der Waals surface area contributed by atoms with Crippen LogP contribution in [0.5, 0.6) is 0 Å². The first kappa shape index (κ1) is 17.0. The quantitative estimate of drug-likeness (QED) is 0.826. The highest BCUT2D eigenvalue weighted by Crippen LogP contribution is 2.17. The molecule has 1 aromatic heterocycles. The third-order valence-electron chi connectivity index (χ3n) is 3.69. The first-order chi connectivity index (χ1) is 11.6. The van der Waals surface area contributed by atoms with Crippen molar-refractivity contribution in [2.24, 2.45) is 0 Å². The lowest BCUT2D eigenvalue weighted by Crippen LogP contribution is -2.50. The number of piperazine rings is 1. The average Bonchev–Trinajstić information content (AvgIpc) is 3.09. The zero-order valence-electron chi connectivity index (χ0n) is 12.8. The lowest BCUT2D eigenvalue weighted by Gasteiger charge is -2.33. The maximum atomic E-state index is 12.5. The Balaban J connectivity index is 1.53. The zero-order chi connectivity index (χ0) is 17.0. The summed E-state index contributed by atoms with van der Waals surface area (Å²) in [6.07, 6.45) is 0. The molecular formula is C14H17N5O3S2. The van der Waals surface area contributed by atoms with Crippen LogP contribution in [0.25, 0.3) is 0 Å². The maximum Gasteiger partial charge on any atom is 0.243 e. The number of nitrogens with one attached hydrogen (secondary N) is 1. The van der Waals surface area contributed by atoms with Crippen molar-refractivity contribution < 1.29 is 13.2 Å². The maximum absolute atomic E-state index is 12.5. The van der Waals surface area contributed by atoms with Gasteiger partial charge in [0.2, 0.25) is 21.1 Å². The molecule has 24 heavy (non-hydrogen) atoms. The highest BCUT2D eigenvalue weighted by molar-refractivity contribution is 7.89. The molecule has 8 nitrogen and oxygen atoms in total. The summed E-state index contributed by atoms with van der Waals surface area (Å²) in [6.45, 7) is 1.96. The fourth-order valence-electron chi connectivity index (χ4n) is 2.46. The van der Waals surface area contributed by atoms with E-state index in [0.29, 0.717) is 36.2 Å². The standard InChI is InChI=1S/C14H17N5O3S2/c20-13(16-14-17-15-11-23-14)10-18-6-8-19(9-7-18)24(21,22)12-4-2-1-3-5-12/h1-5,11H,6-10H2,(H,16,17,20). The van der Waals surface area contributed by atoms with Gasteiger partial charge in [0.15, 0.2) is 0 Å².